The van der Waals surface area contributed by atoms with Crippen molar-refractivity contribution in [3.8, 4) is 0 Å². The van der Waals surface area contributed by atoms with E-state index in [1.807, 2.05) is 20.8 Å². The first-order chi connectivity index (χ1) is 7.31. The number of nitrogens with two attached hydrogens (primary N) is 2. The zero-order valence-electron chi connectivity index (χ0n) is 10.5. The van der Waals surface area contributed by atoms with E-state index in [4.69, 9.17) is 11.5 Å². The Hall–Kier alpha value is -0.460. The van der Waals surface area contributed by atoms with Crippen LogP contribution >= 0.6 is 24.2 Å². The largest absolute Gasteiger partial charge is 0.369 e. The van der Waals surface area contributed by atoms with E-state index in [0.717, 1.165) is 0 Å². The molecule has 0 saturated carbocycles. The van der Waals surface area contributed by atoms with Crippen molar-refractivity contribution in [1.29, 1.82) is 0 Å². The lowest BCUT2D eigenvalue weighted by Gasteiger charge is -2.33. The molecule has 0 aromatic rings. The number of hydrogen-bond acceptors (Lipinski definition) is 4. The van der Waals surface area contributed by atoms with E-state index in [2.05, 4.69) is 5.32 Å². The topological polar surface area (TPSA) is 98.2 Å². The molecular formula is C10H22ClN3O2S. The minimum atomic E-state index is -0.414. The second-order valence-electron chi connectivity index (χ2n) is 4.28. The minimum absolute atomic E-state index is 0. The molecule has 7 heteroatoms. The fourth-order valence-corrected chi connectivity index (χ4v) is 1.59. The van der Waals surface area contributed by atoms with Gasteiger partial charge in [0.05, 0.1) is 17.0 Å². The number of carbonyl (C=O) groups excluding carboxylic acids is 2. The van der Waals surface area contributed by atoms with Crippen molar-refractivity contribution in [2.24, 2.45) is 17.4 Å². The molecule has 5 N–H and O–H groups in total. The van der Waals surface area contributed by atoms with Crippen LogP contribution in [-0.4, -0.2) is 35.4 Å². The molecule has 1 unspecified atom stereocenters. The number of hydrogen-bond donors (Lipinski definition) is 3. The Balaban J connectivity index is 0. The fourth-order valence-electron chi connectivity index (χ4n) is 1.03. The number of halogens is 1. The predicted octanol–water partition coefficient (Wildman–Crippen LogP) is 0.116. The number of primary amides is 1. The van der Waals surface area contributed by atoms with Gasteiger partial charge in [-0.2, -0.15) is 0 Å². The van der Waals surface area contributed by atoms with Crippen LogP contribution in [0.25, 0.3) is 0 Å². The first-order valence-corrected chi connectivity index (χ1v) is 6.34. The standard InChI is InChI=1S/C10H21N3O2S.ClH/c1-7(2)10(3,6-11)13-9(15)5-16-4-8(12)14;/h7H,4-6,11H2,1-3H3,(H2,12,14)(H,13,15);1H. The van der Waals surface area contributed by atoms with Gasteiger partial charge in [0.15, 0.2) is 0 Å². The van der Waals surface area contributed by atoms with Crippen LogP contribution in [0.4, 0.5) is 0 Å². The number of thioether (sulfide) groups is 1. The summed E-state index contributed by atoms with van der Waals surface area (Å²) in [6.07, 6.45) is 0. The van der Waals surface area contributed by atoms with Crippen molar-refractivity contribution in [2.45, 2.75) is 26.3 Å². The third-order valence-corrected chi connectivity index (χ3v) is 3.56. The summed E-state index contributed by atoms with van der Waals surface area (Å²) in [4.78, 5) is 22.0. The van der Waals surface area contributed by atoms with E-state index in [1.165, 1.54) is 11.8 Å². The zero-order valence-corrected chi connectivity index (χ0v) is 12.1. The van der Waals surface area contributed by atoms with Crippen LogP contribution < -0.4 is 16.8 Å². The van der Waals surface area contributed by atoms with E-state index in [1.54, 1.807) is 0 Å². The monoisotopic (exact) mass is 283 g/mol. The Morgan fingerprint density at radius 2 is 1.88 bits per heavy atom. The molecular weight excluding hydrogens is 262 g/mol. The van der Waals surface area contributed by atoms with Gasteiger partial charge in [-0.3, -0.25) is 9.59 Å². The normalized spacial score (nSPS) is 13.7. The Bertz CT molecular complexity index is 264. The first-order valence-electron chi connectivity index (χ1n) is 5.19. The predicted molar refractivity (Wildman–Crippen MR) is 74.2 cm³/mol. The van der Waals surface area contributed by atoms with Crippen molar-refractivity contribution in [3.05, 3.63) is 0 Å². The maximum atomic E-state index is 11.6. The SMILES string of the molecule is CC(C)C(C)(CN)NC(=O)CSCC(N)=O.Cl. The highest BCUT2D eigenvalue weighted by Gasteiger charge is 2.28. The summed E-state index contributed by atoms with van der Waals surface area (Å²) in [7, 11) is 0. The molecule has 0 aliphatic heterocycles. The van der Waals surface area contributed by atoms with Crippen molar-refractivity contribution in [3.63, 3.8) is 0 Å². The van der Waals surface area contributed by atoms with Gasteiger partial charge in [-0.1, -0.05) is 13.8 Å². The van der Waals surface area contributed by atoms with Gasteiger partial charge in [-0.05, 0) is 12.8 Å². The van der Waals surface area contributed by atoms with Crippen molar-refractivity contribution < 1.29 is 9.59 Å². The van der Waals surface area contributed by atoms with Gasteiger partial charge in [0.25, 0.3) is 0 Å². The van der Waals surface area contributed by atoms with E-state index in [-0.39, 0.29) is 35.7 Å². The Labute approximate surface area is 113 Å². The first kappa shape index (κ1) is 18.9. The maximum Gasteiger partial charge on any atom is 0.230 e. The smallest absolute Gasteiger partial charge is 0.230 e. The lowest BCUT2D eigenvalue weighted by atomic mass is 9.88. The van der Waals surface area contributed by atoms with Crippen molar-refractivity contribution in [2.75, 3.05) is 18.1 Å². The summed E-state index contributed by atoms with van der Waals surface area (Å²) in [5, 5.41) is 2.88. The van der Waals surface area contributed by atoms with Gasteiger partial charge in [0, 0.05) is 6.54 Å². The second kappa shape index (κ2) is 8.60. The number of carbonyl (C=O) groups is 2. The van der Waals surface area contributed by atoms with Gasteiger partial charge in [0.1, 0.15) is 0 Å². The highest BCUT2D eigenvalue weighted by molar-refractivity contribution is 8.00. The molecule has 1 atom stereocenters. The molecule has 0 radical (unpaired) electrons. The molecule has 0 rings (SSSR count). The van der Waals surface area contributed by atoms with Gasteiger partial charge >= 0.3 is 0 Å². The summed E-state index contributed by atoms with van der Waals surface area (Å²) < 4.78 is 0. The Morgan fingerprint density at radius 1 is 1.35 bits per heavy atom. The van der Waals surface area contributed by atoms with Crippen LogP contribution in [0.3, 0.4) is 0 Å². The Kier molecular flexibility index (Phi) is 9.56. The summed E-state index contributed by atoms with van der Waals surface area (Å²) in [6.45, 7) is 6.30. The molecule has 0 aromatic carbocycles. The summed E-state index contributed by atoms with van der Waals surface area (Å²) >= 11 is 1.20. The van der Waals surface area contributed by atoms with Crippen LogP contribution in [0, 0.1) is 5.92 Å². The third-order valence-electron chi connectivity index (χ3n) is 2.60. The Morgan fingerprint density at radius 3 is 2.24 bits per heavy atom. The molecule has 0 saturated heterocycles. The van der Waals surface area contributed by atoms with E-state index >= 15 is 0 Å². The number of nitrogens with one attached hydrogen (secondary N) is 1. The van der Waals surface area contributed by atoms with Crippen LogP contribution in [0.2, 0.25) is 0 Å². The molecule has 2 amide bonds. The summed E-state index contributed by atoms with van der Waals surface area (Å²) in [5.74, 6) is 0.110. The highest BCUT2D eigenvalue weighted by Crippen LogP contribution is 2.15. The molecule has 0 aromatic heterocycles. The second-order valence-corrected chi connectivity index (χ2v) is 5.27. The molecule has 17 heavy (non-hydrogen) atoms. The molecule has 0 aliphatic rings. The zero-order chi connectivity index (χ0) is 12.8. The van der Waals surface area contributed by atoms with Crippen molar-refractivity contribution in [1.82, 2.24) is 5.32 Å². The van der Waals surface area contributed by atoms with Crippen LogP contribution in [0.15, 0.2) is 0 Å². The summed E-state index contributed by atoms with van der Waals surface area (Å²) in [5.41, 5.74) is 10.2. The van der Waals surface area contributed by atoms with Crippen molar-refractivity contribution >= 4 is 36.0 Å². The van der Waals surface area contributed by atoms with Crippen LogP contribution in [-0.2, 0) is 9.59 Å². The highest BCUT2D eigenvalue weighted by atomic mass is 35.5. The average molecular weight is 284 g/mol. The lowest BCUT2D eigenvalue weighted by molar-refractivity contribution is -0.120. The maximum absolute atomic E-state index is 11.6. The van der Waals surface area contributed by atoms with E-state index in [0.29, 0.717) is 6.54 Å². The molecule has 0 fully saturated rings. The summed E-state index contributed by atoms with van der Waals surface area (Å²) in [6, 6.07) is 0. The van der Waals surface area contributed by atoms with E-state index in [9.17, 15) is 9.59 Å². The molecule has 0 spiro atoms. The molecule has 5 nitrogen and oxygen atoms in total. The molecule has 0 bridgehead atoms. The molecule has 0 aliphatic carbocycles. The third kappa shape index (κ3) is 7.46. The number of amides is 2. The van der Waals surface area contributed by atoms with Crippen LogP contribution in [0.1, 0.15) is 20.8 Å². The lowest BCUT2D eigenvalue weighted by Crippen LogP contribution is -2.55. The van der Waals surface area contributed by atoms with Gasteiger partial charge in [-0.15, -0.1) is 24.2 Å². The van der Waals surface area contributed by atoms with Gasteiger partial charge in [0.2, 0.25) is 11.8 Å². The molecule has 102 valence electrons. The van der Waals surface area contributed by atoms with Gasteiger partial charge < -0.3 is 16.8 Å². The van der Waals surface area contributed by atoms with E-state index < -0.39 is 11.4 Å². The number of rotatable bonds is 7. The quantitative estimate of drug-likeness (QED) is 0.618. The average Bonchev–Trinajstić information content (AvgIpc) is 2.16. The minimum Gasteiger partial charge on any atom is -0.369 e. The van der Waals surface area contributed by atoms with Gasteiger partial charge in [-0.25, -0.2) is 0 Å². The molecule has 0 heterocycles. The fraction of sp³-hybridized carbons (Fsp3) is 0.800. The van der Waals surface area contributed by atoms with Crippen LogP contribution in [0.5, 0.6) is 0 Å².